The molecule has 0 radical (unpaired) electrons. The van der Waals surface area contributed by atoms with Gasteiger partial charge in [-0.25, -0.2) is 4.39 Å². The molecule has 0 aliphatic heterocycles. The van der Waals surface area contributed by atoms with Crippen LogP contribution in [0.15, 0.2) is 59.5 Å². The molecule has 0 aromatic heterocycles. The Kier molecular flexibility index (Phi) is 4.79. The number of halogens is 1. The Morgan fingerprint density at radius 3 is 2.33 bits per heavy atom. The molecule has 1 nitrogen and oxygen atoms in total. The average molecular weight is 261 g/mol. The molecule has 0 saturated heterocycles. The molecule has 0 saturated carbocycles. The van der Waals surface area contributed by atoms with Crippen molar-refractivity contribution in [1.29, 1.82) is 0 Å². The Morgan fingerprint density at radius 1 is 1.06 bits per heavy atom. The zero-order valence-electron chi connectivity index (χ0n) is 10.3. The molecule has 0 amide bonds. The van der Waals surface area contributed by atoms with Crippen LogP contribution in [-0.4, -0.2) is 12.8 Å². The van der Waals surface area contributed by atoms with Crippen LogP contribution in [0.25, 0.3) is 0 Å². The predicted molar refractivity (Wildman–Crippen MR) is 75.4 cm³/mol. The van der Waals surface area contributed by atoms with E-state index >= 15 is 0 Å². The molecule has 94 valence electrons. The summed E-state index contributed by atoms with van der Waals surface area (Å²) in [5.74, 6) is 0.735. The third kappa shape index (κ3) is 3.59. The van der Waals surface area contributed by atoms with Crippen molar-refractivity contribution >= 4 is 11.8 Å². The van der Waals surface area contributed by atoms with E-state index in [0.29, 0.717) is 6.04 Å². The molecular formula is C15H16FNS. The Balaban J connectivity index is 1.97. The van der Waals surface area contributed by atoms with Gasteiger partial charge in [0.15, 0.2) is 0 Å². The van der Waals surface area contributed by atoms with Gasteiger partial charge in [-0.15, -0.1) is 11.8 Å². The lowest BCUT2D eigenvalue weighted by Crippen LogP contribution is -2.18. The van der Waals surface area contributed by atoms with Crippen molar-refractivity contribution in [3.8, 4) is 0 Å². The predicted octanol–water partition coefficient (Wildman–Crippen LogP) is 3.88. The fourth-order valence-corrected chi connectivity index (χ4v) is 2.79. The molecule has 18 heavy (non-hydrogen) atoms. The van der Waals surface area contributed by atoms with Crippen molar-refractivity contribution in [2.45, 2.75) is 10.9 Å². The second-order valence-electron chi connectivity index (χ2n) is 4.02. The molecule has 0 bridgehead atoms. The lowest BCUT2D eigenvalue weighted by atomic mass is 10.1. The number of benzene rings is 2. The Labute approximate surface area is 111 Å². The van der Waals surface area contributed by atoms with Crippen molar-refractivity contribution in [2.75, 3.05) is 12.8 Å². The van der Waals surface area contributed by atoms with Crippen LogP contribution in [0.4, 0.5) is 4.39 Å². The normalized spacial score (nSPS) is 12.3. The van der Waals surface area contributed by atoms with Crippen LogP contribution < -0.4 is 5.32 Å². The van der Waals surface area contributed by atoms with Crippen LogP contribution >= 0.6 is 11.8 Å². The first-order valence-corrected chi connectivity index (χ1v) is 6.89. The van der Waals surface area contributed by atoms with E-state index in [9.17, 15) is 4.39 Å². The largest absolute Gasteiger partial charge is 0.312 e. The van der Waals surface area contributed by atoms with Crippen molar-refractivity contribution in [1.82, 2.24) is 5.32 Å². The third-order valence-corrected chi connectivity index (χ3v) is 3.89. The molecule has 0 fully saturated rings. The second kappa shape index (κ2) is 6.57. The van der Waals surface area contributed by atoms with Crippen LogP contribution in [0, 0.1) is 5.82 Å². The summed E-state index contributed by atoms with van der Waals surface area (Å²) in [6, 6.07) is 17.3. The summed E-state index contributed by atoms with van der Waals surface area (Å²) in [6.45, 7) is 0. The SMILES string of the molecule is CNC(CSc1ccc(F)cc1)c1ccccc1. The standard InChI is InChI=1S/C15H16FNS/c1-17-15(12-5-3-2-4-6-12)11-18-14-9-7-13(16)8-10-14/h2-10,15,17H,11H2,1H3. The minimum Gasteiger partial charge on any atom is -0.312 e. The van der Waals surface area contributed by atoms with Crippen LogP contribution in [-0.2, 0) is 0 Å². The molecule has 1 unspecified atom stereocenters. The topological polar surface area (TPSA) is 12.0 Å². The van der Waals surface area contributed by atoms with Crippen LogP contribution in [0.1, 0.15) is 11.6 Å². The maximum Gasteiger partial charge on any atom is 0.123 e. The second-order valence-corrected chi connectivity index (χ2v) is 5.11. The molecule has 0 aliphatic carbocycles. The molecule has 0 aliphatic rings. The minimum absolute atomic E-state index is 0.187. The molecule has 1 atom stereocenters. The van der Waals surface area contributed by atoms with Gasteiger partial charge in [-0.3, -0.25) is 0 Å². The van der Waals surface area contributed by atoms with E-state index < -0.39 is 0 Å². The molecule has 2 aromatic carbocycles. The summed E-state index contributed by atoms with van der Waals surface area (Å²) in [4.78, 5) is 1.09. The summed E-state index contributed by atoms with van der Waals surface area (Å²) >= 11 is 1.73. The van der Waals surface area contributed by atoms with Gasteiger partial charge < -0.3 is 5.32 Å². The first kappa shape index (κ1) is 13.1. The van der Waals surface area contributed by atoms with Gasteiger partial charge in [-0.2, -0.15) is 0 Å². The van der Waals surface area contributed by atoms with E-state index in [1.165, 1.54) is 17.7 Å². The highest BCUT2D eigenvalue weighted by molar-refractivity contribution is 7.99. The highest BCUT2D eigenvalue weighted by atomic mass is 32.2. The summed E-state index contributed by atoms with van der Waals surface area (Å²) < 4.78 is 12.8. The maximum atomic E-state index is 12.8. The van der Waals surface area contributed by atoms with E-state index in [4.69, 9.17) is 0 Å². The maximum absolute atomic E-state index is 12.8. The van der Waals surface area contributed by atoms with Crippen molar-refractivity contribution in [2.24, 2.45) is 0 Å². The lowest BCUT2D eigenvalue weighted by Gasteiger charge is -2.16. The molecule has 0 heterocycles. The highest BCUT2D eigenvalue weighted by Gasteiger charge is 2.08. The van der Waals surface area contributed by atoms with Gasteiger partial charge in [0.05, 0.1) is 0 Å². The Bertz CT molecular complexity index is 470. The van der Waals surface area contributed by atoms with Gasteiger partial charge in [0.2, 0.25) is 0 Å². The van der Waals surface area contributed by atoms with Crippen molar-refractivity contribution in [3.63, 3.8) is 0 Å². The fraction of sp³-hybridized carbons (Fsp3) is 0.200. The van der Waals surface area contributed by atoms with E-state index in [0.717, 1.165) is 10.6 Å². The molecule has 0 spiro atoms. The number of rotatable bonds is 5. The fourth-order valence-electron chi connectivity index (χ4n) is 1.74. The van der Waals surface area contributed by atoms with E-state index in [-0.39, 0.29) is 5.82 Å². The zero-order chi connectivity index (χ0) is 12.8. The zero-order valence-corrected chi connectivity index (χ0v) is 11.1. The summed E-state index contributed by atoms with van der Waals surface area (Å²) in [5.41, 5.74) is 1.27. The highest BCUT2D eigenvalue weighted by Crippen LogP contribution is 2.24. The molecule has 2 aromatic rings. The Morgan fingerprint density at radius 2 is 1.72 bits per heavy atom. The first-order chi connectivity index (χ1) is 8.79. The Hall–Kier alpha value is -1.32. The van der Waals surface area contributed by atoms with Gasteiger partial charge in [0.25, 0.3) is 0 Å². The van der Waals surface area contributed by atoms with Gasteiger partial charge in [-0.1, -0.05) is 30.3 Å². The number of hydrogen-bond acceptors (Lipinski definition) is 2. The number of thioether (sulfide) groups is 1. The van der Waals surface area contributed by atoms with Gasteiger partial charge in [0.1, 0.15) is 5.82 Å². The van der Waals surface area contributed by atoms with E-state index in [1.807, 2.05) is 37.4 Å². The molecule has 2 rings (SSSR count). The van der Waals surface area contributed by atoms with Crippen molar-refractivity contribution < 1.29 is 4.39 Å². The molecule has 1 N–H and O–H groups in total. The summed E-state index contributed by atoms with van der Waals surface area (Å²) in [6.07, 6.45) is 0. The van der Waals surface area contributed by atoms with Gasteiger partial charge >= 0.3 is 0 Å². The first-order valence-electron chi connectivity index (χ1n) is 5.90. The quantitative estimate of drug-likeness (QED) is 0.820. The summed E-state index contributed by atoms with van der Waals surface area (Å²) in [7, 11) is 1.96. The van der Waals surface area contributed by atoms with Crippen LogP contribution in [0.5, 0.6) is 0 Å². The van der Waals surface area contributed by atoms with Gasteiger partial charge in [0, 0.05) is 16.7 Å². The average Bonchev–Trinajstić information content (AvgIpc) is 2.43. The van der Waals surface area contributed by atoms with Crippen LogP contribution in [0.3, 0.4) is 0 Å². The minimum atomic E-state index is -0.187. The third-order valence-electron chi connectivity index (χ3n) is 2.78. The number of hydrogen-bond donors (Lipinski definition) is 1. The van der Waals surface area contributed by atoms with E-state index in [2.05, 4.69) is 17.4 Å². The molecular weight excluding hydrogens is 245 g/mol. The smallest absolute Gasteiger partial charge is 0.123 e. The number of nitrogens with one attached hydrogen (secondary N) is 1. The van der Waals surface area contributed by atoms with E-state index in [1.54, 1.807) is 11.8 Å². The van der Waals surface area contributed by atoms with Gasteiger partial charge in [-0.05, 0) is 36.9 Å². The summed E-state index contributed by atoms with van der Waals surface area (Å²) in [5, 5.41) is 3.31. The van der Waals surface area contributed by atoms with Crippen molar-refractivity contribution in [3.05, 3.63) is 66.0 Å². The molecule has 3 heteroatoms. The monoisotopic (exact) mass is 261 g/mol. The lowest BCUT2D eigenvalue weighted by molar-refractivity contribution is 0.626. The van der Waals surface area contributed by atoms with Crippen LogP contribution in [0.2, 0.25) is 0 Å².